The van der Waals surface area contributed by atoms with Crippen LogP contribution in [-0.2, 0) is 9.47 Å². The van der Waals surface area contributed by atoms with E-state index in [0.717, 1.165) is 4.68 Å². The molecular formula is C9H9N5O7. The number of rotatable bonds is 2. The molecule has 0 saturated carbocycles. The molecule has 21 heavy (non-hydrogen) atoms. The molecule has 1 aromatic heterocycles. The summed E-state index contributed by atoms with van der Waals surface area (Å²) in [4.78, 5) is 20.3. The van der Waals surface area contributed by atoms with Gasteiger partial charge in [-0.15, -0.1) is 4.68 Å². The molecule has 2 N–H and O–H groups in total. The summed E-state index contributed by atoms with van der Waals surface area (Å²) in [6.07, 6.45) is -1.30. The first-order valence-corrected chi connectivity index (χ1v) is 6.09. The number of anilines is 1. The quantitative estimate of drug-likeness (QED) is 0.542. The Hall–Kier alpha value is -2.31. The van der Waals surface area contributed by atoms with Crippen LogP contribution in [0.3, 0.4) is 0 Å². The number of nitrogens with one attached hydrogen (secondary N) is 1. The Morgan fingerprint density at radius 1 is 1.43 bits per heavy atom. The molecule has 112 valence electrons. The number of hydrogen-bond acceptors (Lipinski definition) is 9. The molecule has 0 aromatic carbocycles. The molecule has 12 nitrogen and oxygen atoms in total. The second-order valence-corrected chi connectivity index (χ2v) is 5.14. The van der Waals surface area contributed by atoms with Crippen molar-refractivity contribution in [1.82, 2.24) is 9.78 Å². The maximum atomic E-state index is 11.1. The van der Waals surface area contributed by atoms with Crippen LogP contribution in [0, 0.1) is 20.2 Å². The molecule has 0 aliphatic carbocycles. The topological polar surface area (TPSA) is 155 Å². The number of aromatic nitrogens is 2. The van der Waals surface area contributed by atoms with Crippen molar-refractivity contribution < 1.29 is 24.4 Å². The van der Waals surface area contributed by atoms with E-state index in [1.54, 1.807) is 0 Å². The van der Waals surface area contributed by atoms with Gasteiger partial charge >= 0.3 is 11.5 Å². The van der Waals surface area contributed by atoms with Crippen LogP contribution in [0.5, 0.6) is 0 Å². The van der Waals surface area contributed by atoms with Crippen molar-refractivity contribution in [3.05, 3.63) is 20.2 Å². The average Bonchev–Trinajstić information content (AvgIpc) is 2.98. The van der Waals surface area contributed by atoms with E-state index in [2.05, 4.69) is 10.4 Å². The molecule has 2 fully saturated rings. The molecule has 4 rings (SSSR count). The van der Waals surface area contributed by atoms with Gasteiger partial charge in [0.05, 0.1) is 16.6 Å². The summed E-state index contributed by atoms with van der Waals surface area (Å²) in [5.41, 5.74) is -2.45. The molecule has 1 aromatic rings. The van der Waals surface area contributed by atoms with Crippen LogP contribution in [0.25, 0.3) is 0 Å². The Kier molecular flexibility index (Phi) is 2.17. The van der Waals surface area contributed by atoms with Crippen molar-refractivity contribution in [2.75, 3.05) is 11.9 Å². The van der Waals surface area contributed by atoms with E-state index in [1.165, 1.54) is 0 Å². The lowest BCUT2D eigenvalue weighted by molar-refractivity contribution is -0.424. The maximum Gasteiger partial charge on any atom is 0.470 e. The standard InChI is InChI=1S/C9H9N5O7/c15-9-1-3(4-2-20-8(9)21-4)12-6(10-9)5(13(16)17)7(11-12)14(18)19/h3-4,8,10,15H,1-2H2/t3-,4+,8+,9?/m0/s1. The molecule has 0 radical (unpaired) electrons. The van der Waals surface area contributed by atoms with Gasteiger partial charge in [0.15, 0.2) is 5.72 Å². The smallest absolute Gasteiger partial charge is 0.366 e. The SMILES string of the molecule is O=[N+]([O-])c1nn2c(c1[N+](=O)[O-])NC1(O)C[C@H]2[C@H]2CO[C@@H]1O2. The second kappa shape index (κ2) is 3.66. The monoisotopic (exact) mass is 299 g/mol. The average molecular weight is 299 g/mol. The summed E-state index contributed by atoms with van der Waals surface area (Å²) < 4.78 is 11.9. The normalized spacial score (nSPS) is 36.0. The first-order chi connectivity index (χ1) is 9.90. The Morgan fingerprint density at radius 3 is 2.86 bits per heavy atom. The Bertz CT molecular complexity index is 674. The molecule has 4 heterocycles. The van der Waals surface area contributed by atoms with Crippen molar-refractivity contribution in [3.63, 3.8) is 0 Å². The molecule has 1 unspecified atom stereocenters. The highest BCUT2D eigenvalue weighted by atomic mass is 16.7. The van der Waals surface area contributed by atoms with Gasteiger partial charge in [-0.2, -0.15) is 0 Å². The van der Waals surface area contributed by atoms with E-state index < -0.39 is 45.5 Å². The third-order valence-electron chi connectivity index (χ3n) is 3.92. The van der Waals surface area contributed by atoms with Gasteiger partial charge in [0.1, 0.15) is 12.1 Å². The van der Waals surface area contributed by atoms with Gasteiger partial charge in [0.25, 0.3) is 0 Å². The summed E-state index contributed by atoms with van der Waals surface area (Å²) in [5, 5.41) is 38.8. The Morgan fingerprint density at radius 2 is 2.19 bits per heavy atom. The largest absolute Gasteiger partial charge is 0.470 e. The second-order valence-electron chi connectivity index (χ2n) is 5.14. The fraction of sp³-hybridized carbons (Fsp3) is 0.667. The minimum Gasteiger partial charge on any atom is -0.366 e. The van der Waals surface area contributed by atoms with Gasteiger partial charge in [0, 0.05) is 6.42 Å². The highest BCUT2D eigenvalue weighted by Crippen LogP contribution is 2.50. The van der Waals surface area contributed by atoms with Gasteiger partial charge in [-0.3, -0.25) is 10.1 Å². The summed E-state index contributed by atoms with van der Waals surface area (Å²) in [6.45, 7) is 0.181. The lowest BCUT2D eigenvalue weighted by Gasteiger charge is -2.43. The molecule has 3 aliphatic rings. The van der Waals surface area contributed by atoms with Crippen molar-refractivity contribution >= 4 is 17.3 Å². The highest BCUT2D eigenvalue weighted by Gasteiger charge is 2.60. The fourth-order valence-electron chi connectivity index (χ4n) is 3.04. The Balaban J connectivity index is 1.93. The third kappa shape index (κ3) is 1.46. The van der Waals surface area contributed by atoms with Crippen LogP contribution in [0.1, 0.15) is 12.5 Å². The number of aliphatic hydroxyl groups is 1. The van der Waals surface area contributed by atoms with Gasteiger partial charge in [0.2, 0.25) is 12.1 Å². The molecule has 3 aliphatic heterocycles. The fourth-order valence-corrected chi connectivity index (χ4v) is 3.04. The predicted molar refractivity (Wildman–Crippen MR) is 62.4 cm³/mol. The molecule has 0 spiro atoms. The van der Waals surface area contributed by atoms with Crippen LogP contribution in [0.4, 0.5) is 17.3 Å². The van der Waals surface area contributed by atoms with Crippen LogP contribution in [-0.4, -0.2) is 49.5 Å². The molecular weight excluding hydrogens is 290 g/mol. The Labute approximate surface area is 115 Å². The van der Waals surface area contributed by atoms with E-state index in [1.807, 2.05) is 0 Å². The molecule has 4 atom stereocenters. The van der Waals surface area contributed by atoms with Gasteiger partial charge in [-0.25, -0.2) is 0 Å². The van der Waals surface area contributed by atoms with Crippen LogP contribution < -0.4 is 5.32 Å². The van der Waals surface area contributed by atoms with E-state index in [9.17, 15) is 25.3 Å². The molecule has 4 bridgehead atoms. The predicted octanol–water partition coefficient (Wildman–Crippen LogP) is -0.500. The van der Waals surface area contributed by atoms with Crippen LogP contribution in [0.2, 0.25) is 0 Å². The first kappa shape index (κ1) is 12.4. The number of fused-ring (bicyclic) bond motifs is 8. The van der Waals surface area contributed by atoms with E-state index in [4.69, 9.17) is 9.47 Å². The van der Waals surface area contributed by atoms with Crippen molar-refractivity contribution in [3.8, 4) is 0 Å². The summed E-state index contributed by atoms with van der Waals surface area (Å²) in [5.74, 6) is -1.07. The van der Waals surface area contributed by atoms with Crippen molar-refractivity contribution in [1.29, 1.82) is 0 Å². The van der Waals surface area contributed by atoms with E-state index >= 15 is 0 Å². The lowest BCUT2D eigenvalue weighted by Crippen LogP contribution is -2.58. The number of nitro groups is 2. The summed E-state index contributed by atoms with van der Waals surface area (Å²) >= 11 is 0. The molecule has 0 amide bonds. The first-order valence-electron chi connectivity index (χ1n) is 6.09. The van der Waals surface area contributed by atoms with Gasteiger partial charge in [-0.1, -0.05) is 0 Å². The minimum atomic E-state index is -1.67. The highest BCUT2D eigenvalue weighted by molar-refractivity contribution is 5.68. The minimum absolute atomic E-state index is 0.130. The van der Waals surface area contributed by atoms with Gasteiger partial charge in [-0.05, 0) is 4.92 Å². The zero-order valence-electron chi connectivity index (χ0n) is 10.3. The molecule has 2 saturated heterocycles. The lowest BCUT2D eigenvalue weighted by atomic mass is 9.94. The number of ether oxygens (including phenoxy) is 2. The molecule has 12 heteroatoms. The summed E-state index contributed by atoms with van der Waals surface area (Å²) in [7, 11) is 0. The van der Waals surface area contributed by atoms with E-state index in [-0.39, 0.29) is 18.8 Å². The summed E-state index contributed by atoms with van der Waals surface area (Å²) in [6, 6.07) is -0.572. The zero-order valence-corrected chi connectivity index (χ0v) is 10.3. The van der Waals surface area contributed by atoms with Gasteiger partial charge < -0.3 is 30.0 Å². The van der Waals surface area contributed by atoms with Crippen LogP contribution >= 0.6 is 0 Å². The zero-order chi connectivity index (χ0) is 14.9. The van der Waals surface area contributed by atoms with E-state index in [0.29, 0.717) is 0 Å². The van der Waals surface area contributed by atoms with Crippen molar-refractivity contribution in [2.24, 2.45) is 0 Å². The maximum absolute atomic E-state index is 11.1. The van der Waals surface area contributed by atoms with Crippen molar-refractivity contribution in [2.45, 2.75) is 30.6 Å². The number of hydrogen-bond donors (Lipinski definition) is 2. The third-order valence-corrected chi connectivity index (χ3v) is 3.92. The van der Waals surface area contributed by atoms with Crippen LogP contribution in [0.15, 0.2) is 0 Å². The number of nitrogens with zero attached hydrogens (tertiary/aromatic N) is 4.